The zero-order chi connectivity index (χ0) is 19.2. The second-order valence-electron chi connectivity index (χ2n) is 6.53. The normalized spacial score (nSPS) is 15.5. The molecule has 2 heterocycles. The molecular weight excluding hydrogens is 434 g/mol. The average molecular weight is 455 g/mol. The molecule has 0 aliphatic carbocycles. The summed E-state index contributed by atoms with van der Waals surface area (Å²) in [5, 5.41) is 6.29. The summed E-state index contributed by atoms with van der Waals surface area (Å²) in [6.45, 7) is 2.65. The number of hydrogen-bond donors (Lipinski definition) is 2. The summed E-state index contributed by atoms with van der Waals surface area (Å²) in [5.41, 5.74) is 1.23. The quantitative estimate of drug-likeness (QED) is 0.703. The molecule has 2 amide bonds. The summed E-state index contributed by atoms with van der Waals surface area (Å²) in [5.74, 6) is -0.427. The topological polar surface area (TPSA) is 74.6 Å². The first-order valence-corrected chi connectivity index (χ1v) is 9.96. The molecule has 6 nitrogen and oxygen atoms in total. The predicted molar refractivity (Wildman–Crippen MR) is 107 cm³/mol. The van der Waals surface area contributed by atoms with E-state index in [1.807, 2.05) is 24.3 Å². The van der Waals surface area contributed by atoms with Gasteiger partial charge in [0.15, 0.2) is 10.4 Å². The second-order valence-corrected chi connectivity index (χ2v) is 7.75. The molecule has 0 radical (unpaired) electrons. The maximum atomic E-state index is 12.1. The van der Waals surface area contributed by atoms with E-state index in [0.717, 1.165) is 37.5 Å². The van der Waals surface area contributed by atoms with Crippen molar-refractivity contribution in [1.82, 2.24) is 15.5 Å². The van der Waals surface area contributed by atoms with Crippen LogP contribution in [0.25, 0.3) is 0 Å². The van der Waals surface area contributed by atoms with Crippen molar-refractivity contribution in [3.8, 4) is 0 Å². The van der Waals surface area contributed by atoms with Gasteiger partial charge >= 0.3 is 0 Å². The van der Waals surface area contributed by atoms with Crippen molar-refractivity contribution >= 4 is 39.3 Å². The predicted octanol–water partition coefficient (Wildman–Crippen LogP) is 3.21. The van der Waals surface area contributed by atoms with Crippen molar-refractivity contribution in [3.63, 3.8) is 0 Å². The van der Waals surface area contributed by atoms with Gasteiger partial charge in [-0.3, -0.25) is 14.5 Å². The fourth-order valence-electron chi connectivity index (χ4n) is 3.05. The fraction of sp³-hybridized carbons (Fsp3) is 0.368. The van der Waals surface area contributed by atoms with Gasteiger partial charge in [-0.05, 0) is 58.6 Å². The van der Waals surface area contributed by atoms with Crippen LogP contribution in [0.4, 0.5) is 0 Å². The lowest BCUT2D eigenvalue weighted by Crippen LogP contribution is -2.47. The third-order valence-electron chi connectivity index (χ3n) is 4.48. The average Bonchev–Trinajstić information content (AvgIpc) is 3.10. The number of carbonyl (C=O) groups is 2. The van der Waals surface area contributed by atoms with Crippen molar-refractivity contribution in [1.29, 1.82) is 0 Å². The number of piperidine rings is 1. The van der Waals surface area contributed by atoms with E-state index in [0.29, 0.717) is 4.67 Å². The Morgan fingerprint density at radius 2 is 1.85 bits per heavy atom. The molecule has 0 atom stereocenters. The van der Waals surface area contributed by atoms with Crippen LogP contribution in [0.3, 0.4) is 0 Å². The minimum absolute atomic E-state index is 0.0673. The van der Waals surface area contributed by atoms with Gasteiger partial charge in [0.2, 0.25) is 5.91 Å². The number of halogens is 2. The Balaban J connectivity index is 1.36. The minimum atomic E-state index is -0.409. The third-order valence-corrected chi connectivity index (χ3v) is 5.16. The van der Waals surface area contributed by atoms with Gasteiger partial charge in [0.1, 0.15) is 0 Å². The van der Waals surface area contributed by atoms with Crippen molar-refractivity contribution in [2.45, 2.75) is 25.4 Å². The lowest BCUT2D eigenvalue weighted by Gasteiger charge is -2.32. The summed E-state index contributed by atoms with van der Waals surface area (Å²) in [6.07, 6.45) is 1.77. The number of likely N-dealkylation sites (tertiary alicyclic amines) is 1. The minimum Gasteiger partial charge on any atom is -0.444 e. The maximum absolute atomic E-state index is 12.1. The van der Waals surface area contributed by atoms with Crippen molar-refractivity contribution in [2.24, 2.45) is 0 Å². The number of benzene rings is 1. The molecule has 0 spiro atoms. The lowest BCUT2D eigenvalue weighted by atomic mass is 10.0. The molecule has 0 bridgehead atoms. The molecule has 27 heavy (non-hydrogen) atoms. The van der Waals surface area contributed by atoms with Gasteiger partial charge in [-0.2, -0.15) is 0 Å². The number of carbonyl (C=O) groups excluding carboxylic acids is 2. The maximum Gasteiger partial charge on any atom is 0.287 e. The Morgan fingerprint density at radius 1 is 1.15 bits per heavy atom. The van der Waals surface area contributed by atoms with Crippen molar-refractivity contribution in [3.05, 3.63) is 57.4 Å². The summed E-state index contributed by atoms with van der Waals surface area (Å²) in [7, 11) is 0. The Labute approximate surface area is 171 Å². The van der Waals surface area contributed by atoms with Gasteiger partial charge in [-0.15, -0.1) is 0 Å². The van der Waals surface area contributed by atoms with Crippen LogP contribution >= 0.6 is 27.5 Å². The molecule has 0 saturated carbocycles. The van der Waals surface area contributed by atoms with E-state index >= 15 is 0 Å². The van der Waals surface area contributed by atoms with Crippen molar-refractivity contribution < 1.29 is 14.0 Å². The van der Waals surface area contributed by atoms with Crippen LogP contribution in [-0.4, -0.2) is 42.4 Å². The number of rotatable bonds is 6. The zero-order valence-electron chi connectivity index (χ0n) is 14.7. The molecule has 1 aliphatic heterocycles. The fourth-order valence-corrected chi connectivity index (χ4v) is 3.48. The first-order valence-electron chi connectivity index (χ1n) is 8.79. The highest BCUT2D eigenvalue weighted by atomic mass is 79.9. The first-order chi connectivity index (χ1) is 13.0. The number of nitrogens with one attached hydrogen (secondary N) is 2. The highest BCUT2D eigenvalue weighted by molar-refractivity contribution is 9.10. The largest absolute Gasteiger partial charge is 0.444 e. The molecular formula is C19H21BrClN3O3. The summed E-state index contributed by atoms with van der Waals surface area (Å²) in [4.78, 5) is 26.3. The highest BCUT2D eigenvalue weighted by Gasteiger charge is 2.21. The Bertz CT molecular complexity index is 786. The first kappa shape index (κ1) is 19.9. The number of nitrogens with zero attached hydrogens (tertiary/aromatic N) is 1. The number of hydrogen-bond acceptors (Lipinski definition) is 4. The molecule has 1 aromatic heterocycles. The van der Waals surface area contributed by atoms with Crippen LogP contribution in [0.5, 0.6) is 0 Å². The molecule has 0 unspecified atom stereocenters. The molecule has 144 valence electrons. The van der Waals surface area contributed by atoms with E-state index < -0.39 is 5.91 Å². The molecule has 1 fully saturated rings. The second kappa shape index (κ2) is 9.39. The van der Waals surface area contributed by atoms with E-state index in [1.165, 1.54) is 5.56 Å². The monoisotopic (exact) mass is 453 g/mol. The van der Waals surface area contributed by atoms with Crippen LogP contribution in [0.2, 0.25) is 5.02 Å². The smallest absolute Gasteiger partial charge is 0.287 e. The van der Waals surface area contributed by atoms with Crippen LogP contribution < -0.4 is 10.6 Å². The van der Waals surface area contributed by atoms with Gasteiger partial charge < -0.3 is 15.1 Å². The van der Waals surface area contributed by atoms with Crippen LogP contribution in [0.15, 0.2) is 45.5 Å². The standard InChI is InChI=1S/C19H21BrClN3O3/c20-17-6-5-16(27-17)19(26)22-11-18(25)23-15-7-9-24(10-8-15)12-13-1-3-14(21)4-2-13/h1-6,15H,7-12H2,(H,22,26)(H,23,25). The van der Waals surface area contributed by atoms with Crippen LogP contribution in [0.1, 0.15) is 29.0 Å². The molecule has 2 N–H and O–H groups in total. The van der Waals surface area contributed by atoms with Gasteiger partial charge in [0.05, 0.1) is 6.54 Å². The Hall–Kier alpha value is -1.83. The summed E-state index contributed by atoms with van der Waals surface area (Å²) < 4.78 is 5.63. The molecule has 1 saturated heterocycles. The number of furan rings is 1. The van der Waals surface area contributed by atoms with E-state index in [-0.39, 0.29) is 24.3 Å². The van der Waals surface area contributed by atoms with Crippen molar-refractivity contribution in [2.75, 3.05) is 19.6 Å². The Kier molecular flexibility index (Phi) is 6.93. The summed E-state index contributed by atoms with van der Waals surface area (Å²) >= 11 is 9.05. The van der Waals surface area contributed by atoms with Crippen LogP contribution in [0, 0.1) is 0 Å². The zero-order valence-corrected chi connectivity index (χ0v) is 17.1. The molecule has 1 aliphatic rings. The van der Waals surface area contributed by atoms with Crippen LogP contribution in [-0.2, 0) is 11.3 Å². The van der Waals surface area contributed by atoms with Gasteiger partial charge in [0.25, 0.3) is 5.91 Å². The lowest BCUT2D eigenvalue weighted by molar-refractivity contribution is -0.121. The van der Waals surface area contributed by atoms with Gasteiger partial charge in [-0.1, -0.05) is 23.7 Å². The van der Waals surface area contributed by atoms with E-state index in [4.69, 9.17) is 16.0 Å². The molecule has 1 aromatic carbocycles. The van der Waals surface area contributed by atoms with Gasteiger partial charge in [0, 0.05) is 30.7 Å². The highest BCUT2D eigenvalue weighted by Crippen LogP contribution is 2.16. The summed E-state index contributed by atoms with van der Waals surface area (Å²) in [6, 6.07) is 11.2. The van der Waals surface area contributed by atoms with E-state index in [1.54, 1.807) is 12.1 Å². The van der Waals surface area contributed by atoms with Gasteiger partial charge in [-0.25, -0.2) is 0 Å². The number of amides is 2. The van der Waals surface area contributed by atoms with E-state index in [2.05, 4.69) is 31.5 Å². The Morgan fingerprint density at radius 3 is 2.48 bits per heavy atom. The molecule has 8 heteroatoms. The third kappa shape index (κ3) is 6.09. The SMILES string of the molecule is O=C(CNC(=O)c1ccc(Br)o1)NC1CCN(Cc2ccc(Cl)cc2)CC1. The molecule has 2 aromatic rings. The van der Waals surface area contributed by atoms with E-state index in [9.17, 15) is 9.59 Å². The molecule has 3 rings (SSSR count).